The Morgan fingerprint density at radius 1 is 1.15 bits per heavy atom. The van der Waals surface area contributed by atoms with Crippen LogP contribution in [0.15, 0.2) is 48.5 Å². The zero-order valence-corrected chi connectivity index (χ0v) is 11.5. The Balaban J connectivity index is 2.52. The maximum absolute atomic E-state index is 11.2. The summed E-state index contributed by atoms with van der Waals surface area (Å²) in [6, 6.07) is 13.0. The molecule has 0 heterocycles. The van der Waals surface area contributed by atoms with E-state index in [2.05, 4.69) is 4.74 Å². The Labute approximate surface area is 118 Å². The molecule has 2 aromatic rings. The quantitative estimate of drug-likeness (QED) is 0.684. The molecule has 0 aliphatic rings. The molecule has 0 aliphatic heterocycles. The monoisotopic (exact) mass is 268 g/mol. The lowest BCUT2D eigenvalue weighted by Gasteiger charge is -2.09. The number of phenols is 1. The molecule has 0 saturated heterocycles. The summed E-state index contributed by atoms with van der Waals surface area (Å²) in [5.41, 5.74) is 3.55. The first-order valence-electron chi connectivity index (χ1n) is 6.27. The van der Waals surface area contributed by atoms with Gasteiger partial charge in [-0.05, 0) is 30.2 Å². The number of para-hydroxylation sites is 1. The Morgan fingerprint density at radius 3 is 2.60 bits per heavy atom. The van der Waals surface area contributed by atoms with Gasteiger partial charge in [-0.25, -0.2) is 4.79 Å². The topological polar surface area (TPSA) is 46.5 Å². The lowest BCUT2D eigenvalue weighted by atomic mass is 9.96. The molecule has 20 heavy (non-hydrogen) atoms. The van der Waals surface area contributed by atoms with Gasteiger partial charge < -0.3 is 9.84 Å². The first-order valence-corrected chi connectivity index (χ1v) is 6.27. The van der Waals surface area contributed by atoms with Crippen LogP contribution in [0, 0.1) is 6.92 Å². The fourth-order valence-corrected chi connectivity index (χ4v) is 1.98. The van der Waals surface area contributed by atoms with Crippen LogP contribution < -0.4 is 0 Å². The molecule has 0 atom stereocenters. The number of ether oxygens (including phenoxy) is 1. The molecule has 0 radical (unpaired) electrons. The van der Waals surface area contributed by atoms with Crippen LogP contribution in [-0.2, 0) is 9.53 Å². The van der Waals surface area contributed by atoms with E-state index in [0.29, 0.717) is 0 Å². The van der Waals surface area contributed by atoms with E-state index in [1.165, 1.54) is 13.2 Å². The van der Waals surface area contributed by atoms with E-state index in [4.69, 9.17) is 0 Å². The second-order valence-electron chi connectivity index (χ2n) is 4.46. The fourth-order valence-electron chi connectivity index (χ4n) is 1.98. The highest BCUT2D eigenvalue weighted by molar-refractivity contribution is 5.89. The Hall–Kier alpha value is -2.55. The summed E-state index contributed by atoms with van der Waals surface area (Å²) in [7, 11) is 1.34. The molecule has 102 valence electrons. The van der Waals surface area contributed by atoms with Gasteiger partial charge in [0.15, 0.2) is 0 Å². The average Bonchev–Trinajstić information content (AvgIpc) is 2.46. The molecule has 1 N–H and O–H groups in total. The average molecular weight is 268 g/mol. The molecule has 3 nitrogen and oxygen atoms in total. The molecule has 0 unspecified atom stereocenters. The number of phenolic OH excluding ortho intramolecular Hbond substituents is 1. The second-order valence-corrected chi connectivity index (χ2v) is 4.46. The standard InChI is InChI=1S/C17H16O3/c1-12-7-8-13(9-10-17(19)20-2)15(11-12)14-5-3-4-6-16(14)18/h3-11,18H,1-2H3/b10-9+. The molecule has 2 rings (SSSR count). The van der Waals surface area contributed by atoms with E-state index in [1.54, 1.807) is 18.2 Å². The Bertz CT molecular complexity index is 657. The van der Waals surface area contributed by atoms with E-state index in [9.17, 15) is 9.90 Å². The van der Waals surface area contributed by atoms with Gasteiger partial charge in [0.2, 0.25) is 0 Å². The fraction of sp³-hybridized carbons (Fsp3) is 0.118. The smallest absolute Gasteiger partial charge is 0.330 e. The molecule has 0 spiro atoms. The minimum atomic E-state index is -0.409. The summed E-state index contributed by atoms with van der Waals surface area (Å²) in [5.74, 6) is -0.195. The van der Waals surface area contributed by atoms with Crippen molar-refractivity contribution >= 4 is 12.0 Å². The molecule has 2 aromatic carbocycles. The largest absolute Gasteiger partial charge is 0.507 e. The number of benzene rings is 2. The zero-order chi connectivity index (χ0) is 14.5. The molecule has 0 saturated carbocycles. The van der Waals surface area contributed by atoms with Gasteiger partial charge >= 0.3 is 5.97 Å². The Kier molecular flexibility index (Phi) is 4.20. The van der Waals surface area contributed by atoms with E-state index < -0.39 is 5.97 Å². The summed E-state index contributed by atoms with van der Waals surface area (Å²) in [6.45, 7) is 1.98. The van der Waals surface area contributed by atoms with Crippen LogP contribution in [0.2, 0.25) is 0 Å². The number of carbonyl (C=O) groups excluding carboxylic acids is 1. The summed E-state index contributed by atoms with van der Waals surface area (Å²) in [4.78, 5) is 11.2. The normalized spacial score (nSPS) is 10.7. The van der Waals surface area contributed by atoms with Crippen molar-refractivity contribution in [1.29, 1.82) is 0 Å². The number of aromatic hydroxyl groups is 1. The molecule has 0 bridgehead atoms. The number of methoxy groups -OCH3 is 1. The van der Waals surface area contributed by atoms with Gasteiger partial charge in [0.1, 0.15) is 5.75 Å². The highest BCUT2D eigenvalue weighted by atomic mass is 16.5. The van der Waals surface area contributed by atoms with Gasteiger partial charge in [0.25, 0.3) is 0 Å². The lowest BCUT2D eigenvalue weighted by Crippen LogP contribution is -1.94. The number of esters is 1. The minimum absolute atomic E-state index is 0.214. The van der Waals surface area contributed by atoms with Gasteiger partial charge in [0, 0.05) is 11.6 Å². The van der Waals surface area contributed by atoms with Crippen molar-refractivity contribution in [3.8, 4) is 16.9 Å². The predicted molar refractivity (Wildman–Crippen MR) is 79.3 cm³/mol. The van der Waals surface area contributed by atoms with Crippen molar-refractivity contribution in [1.82, 2.24) is 0 Å². The van der Waals surface area contributed by atoms with Crippen molar-refractivity contribution in [3.63, 3.8) is 0 Å². The van der Waals surface area contributed by atoms with E-state index in [1.807, 2.05) is 37.3 Å². The SMILES string of the molecule is COC(=O)/C=C/c1ccc(C)cc1-c1ccccc1O. The third kappa shape index (κ3) is 3.06. The maximum Gasteiger partial charge on any atom is 0.330 e. The van der Waals surface area contributed by atoms with Crippen molar-refractivity contribution in [3.05, 3.63) is 59.7 Å². The van der Waals surface area contributed by atoms with Gasteiger partial charge in [0.05, 0.1) is 7.11 Å². The molecular weight excluding hydrogens is 252 g/mol. The number of carbonyl (C=O) groups is 1. The Morgan fingerprint density at radius 2 is 1.90 bits per heavy atom. The lowest BCUT2D eigenvalue weighted by molar-refractivity contribution is -0.134. The third-order valence-corrected chi connectivity index (χ3v) is 3.00. The van der Waals surface area contributed by atoms with E-state index >= 15 is 0 Å². The summed E-state index contributed by atoms with van der Waals surface area (Å²) in [5, 5.41) is 9.99. The van der Waals surface area contributed by atoms with Crippen LogP contribution in [0.3, 0.4) is 0 Å². The molecule has 0 fully saturated rings. The molecule has 0 amide bonds. The van der Waals surface area contributed by atoms with Gasteiger partial charge in [-0.15, -0.1) is 0 Å². The van der Waals surface area contributed by atoms with Crippen molar-refractivity contribution in [2.45, 2.75) is 6.92 Å². The second kappa shape index (κ2) is 6.06. The highest BCUT2D eigenvalue weighted by Crippen LogP contribution is 2.32. The highest BCUT2D eigenvalue weighted by Gasteiger charge is 2.08. The molecular formula is C17H16O3. The summed E-state index contributed by atoms with van der Waals surface area (Å²) >= 11 is 0. The third-order valence-electron chi connectivity index (χ3n) is 3.00. The van der Waals surface area contributed by atoms with Gasteiger partial charge in [-0.2, -0.15) is 0 Å². The first-order chi connectivity index (χ1) is 9.61. The van der Waals surface area contributed by atoms with E-state index in [-0.39, 0.29) is 5.75 Å². The summed E-state index contributed by atoms with van der Waals surface area (Å²) in [6.07, 6.45) is 3.06. The zero-order valence-electron chi connectivity index (χ0n) is 11.5. The van der Waals surface area contributed by atoms with Crippen LogP contribution in [-0.4, -0.2) is 18.2 Å². The predicted octanol–water partition coefficient (Wildman–Crippen LogP) is 3.55. The number of rotatable bonds is 3. The summed E-state index contributed by atoms with van der Waals surface area (Å²) < 4.78 is 4.59. The first kappa shape index (κ1) is 13.9. The van der Waals surface area contributed by atoms with E-state index in [0.717, 1.165) is 22.3 Å². The van der Waals surface area contributed by atoms with Crippen molar-refractivity contribution in [2.75, 3.05) is 7.11 Å². The van der Waals surface area contributed by atoms with Gasteiger partial charge in [-0.1, -0.05) is 42.0 Å². The number of aryl methyl sites for hydroxylation is 1. The van der Waals surface area contributed by atoms with Gasteiger partial charge in [-0.3, -0.25) is 0 Å². The van der Waals surface area contributed by atoms with Crippen molar-refractivity contribution < 1.29 is 14.6 Å². The number of hydrogen-bond donors (Lipinski definition) is 1. The minimum Gasteiger partial charge on any atom is -0.507 e. The van der Waals surface area contributed by atoms with Crippen LogP contribution in [0.5, 0.6) is 5.75 Å². The van der Waals surface area contributed by atoms with Crippen LogP contribution >= 0.6 is 0 Å². The maximum atomic E-state index is 11.2. The van der Waals surface area contributed by atoms with Crippen LogP contribution in [0.25, 0.3) is 17.2 Å². The molecule has 0 aromatic heterocycles. The molecule has 3 heteroatoms. The number of hydrogen-bond acceptors (Lipinski definition) is 3. The molecule has 0 aliphatic carbocycles. The van der Waals surface area contributed by atoms with Crippen LogP contribution in [0.4, 0.5) is 0 Å². The van der Waals surface area contributed by atoms with Crippen molar-refractivity contribution in [2.24, 2.45) is 0 Å². The van der Waals surface area contributed by atoms with Crippen LogP contribution in [0.1, 0.15) is 11.1 Å².